The first-order valence-electron chi connectivity index (χ1n) is 6.47. The number of rotatable bonds is 8. The number of ether oxygens (including phenoxy) is 2. The van der Waals surface area contributed by atoms with Crippen LogP contribution >= 0.6 is 0 Å². The van der Waals surface area contributed by atoms with E-state index < -0.39 is 18.9 Å². The van der Waals surface area contributed by atoms with Crippen LogP contribution in [-0.2, 0) is 4.74 Å². The molecule has 0 heterocycles. The van der Waals surface area contributed by atoms with Crippen LogP contribution < -0.4 is 4.74 Å². The van der Waals surface area contributed by atoms with Gasteiger partial charge in [0.15, 0.2) is 0 Å². The SMILES string of the molecule is CC[C@@H](O)c1ccc(OCCCOCC(F)(F)F)cc1. The van der Waals surface area contributed by atoms with E-state index in [0.29, 0.717) is 18.6 Å². The van der Waals surface area contributed by atoms with E-state index in [1.54, 1.807) is 24.3 Å². The van der Waals surface area contributed by atoms with Gasteiger partial charge in [0, 0.05) is 6.42 Å². The highest BCUT2D eigenvalue weighted by Crippen LogP contribution is 2.20. The Morgan fingerprint density at radius 2 is 1.80 bits per heavy atom. The van der Waals surface area contributed by atoms with Crippen LogP contribution in [0.25, 0.3) is 0 Å². The molecule has 0 fully saturated rings. The number of benzene rings is 1. The normalized spacial score (nSPS) is 13.2. The topological polar surface area (TPSA) is 38.7 Å². The third-order valence-corrected chi connectivity index (χ3v) is 2.62. The van der Waals surface area contributed by atoms with E-state index >= 15 is 0 Å². The molecule has 0 spiro atoms. The van der Waals surface area contributed by atoms with Gasteiger partial charge < -0.3 is 14.6 Å². The van der Waals surface area contributed by atoms with Gasteiger partial charge in [-0.3, -0.25) is 0 Å². The van der Waals surface area contributed by atoms with Gasteiger partial charge in [-0.25, -0.2) is 0 Å². The molecular weight excluding hydrogens is 273 g/mol. The summed E-state index contributed by atoms with van der Waals surface area (Å²) in [5.41, 5.74) is 0.813. The van der Waals surface area contributed by atoms with Crippen molar-refractivity contribution in [2.75, 3.05) is 19.8 Å². The van der Waals surface area contributed by atoms with Crippen molar-refractivity contribution in [3.8, 4) is 5.75 Å². The third-order valence-electron chi connectivity index (χ3n) is 2.62. The molecule has 114 valence electrons. The Kier molecular flexibility index (Phi) is 6.81. The van der Waals surface area contributed by atoms with E-state index in [1.807, 2.05) is 6.92 Å². The molecule has 1 atom stereocenters. The van der Waals surface area contributed by atoms with Crippen molar-refractivity contribution in [1.29, 1.82) is 0 Å². The average Bonchev–Trinajstić information content (AvgIpc) is 2.41. The van der Waals surface area contributed by atoms with Crippen LogP contribution in [0.15, 0.2) is 24.3 Å². The number of aliphatic hydroxyl groups is 1. The number of aliphatic hydroxyl groups excluding tert-OH is 1. The first-order chi connectivity index (χ1) is 9.42. The lowest BCUT2D eigenvalue weighted by atomic mass is 10.1. The highest BCUT2D eigenvalue weighted by atomic mass is 19.4. The zero-order valence-electron chi connectivity index (χ0n) is 11.3. The number of halogens is 3. The Morgan fingerprint density at radius 1 is 1.15 bits per heavy atom. The Balaban J connectivity index is 2.19. The van der Waals surface area contributed by atoms with E-state index in [4.69, 9.17) is 4.74 Å². The summed E-state index contributed by atoms with van der Waals surface area (Å²) < 4.78 is 45.2. The van der Waals surface area contributed by atoms with Crippen molar-refractivity contribution in [3.63, 3.8) is 0 Å². The molecule has 0 saturated carbocycles. The van der Waals surface area contributed by atoms with Gasteiger partial charge in [-0.2, -0.15) is 13.2 Å². The molecule has 0 unspecified atom stereocenters. The van der Waals surface area contributed by atoms with Gasteiger partial charge in [-0.1, -0.05) is 19.1 Å². The summed E-state index contributed by atoms with van der Waals surface area (Å²) in [4.78, 5) is 0. The lowest BCUT2D eigenvalue weighted by Crippen LogP contribution is -2.18. The summed E-state index contributed by atoms with van der Waals surface area (Å²) in [5.74, 6) is 0.618. The molecule has 0 aliphatic carbocycles. The van der Waals surface area contributed by atoms with Gasteiger partial charge in [0.2, 0.25) is 0 Å². The van der Waals surface area contributed by atoms with E-state index in [2.05, 4.69) is 4.74 Å². The first-order valence-corrected chi connectivity index (χ1v) is 6.47. The van der Waals surface area contributed by atoms with Crippen LogP contribution in [0, 0.1) is 0 Å². The maximum absolute atomic E-state index is 11.8. The summed E-state index contributed by atoms with van der Waals surface area (Å²) >= 11 is 0. The highest BCUT2D eigenvalue weighted by Gasteiger charge is 2.27. The Labute approximate surface area is 116 Å². The van der Waals surface area contributed by atoms with E-state index in [-0.39, 0.29) is 13.2 Å². The first kappa shape index (κ1) is 16.8. The number of hydrogen-bond donors (Lipinski definition) is 1. The summed E-state index contributed by atoms with van der Waals surface area (Å²) in [7, 11) is 0. The fourth-order valence-corrected chi connectivity index (χ4v) is 1.56. The molecule has 0 bridgehead atoms. The molecule has 1 rings (SSSR count). The molecular formula is C14H19F3O3. The van der Waals surface area contributed by atoms with Gasteiger partial charge in [0.05, 0.1) is 19.3 Å². The van der Waals surface area contributed by atoms with Crippen molar-refractivity contribution >= 4 is 0 Å². The molecule has 0 aromatic heterocycles. The Hall–Kier alpha value is -1.27. The van der Waals surface area contributed by atoms with E-state index in [1.165, 1.54) is 0 Å². The molecule has 1 aromatic rings. The second kappa shape index (κ2) is 8.11. The minimum absolute atomic E-state index is 0.00609. The smallest absolute Gasteiger partial charge is 0.411 e. The number of hydrogen-bond acceptors (Lipinski definition) is 3. The van der Waals surface area contributed by atoms with E-state index in [9.17, 15) is 18.3 Å². The van der Waals surface area contributed by atoms with Crippen LogP contribution in [0.1, 0.15) is 31.4 Å². The zero-order chi connectivity index (χ0) is 15.0. The fourth-order valence-electron chi connectivity index (χ4n) is 1.56. The zero-order valence-corrected chi connectivity index (χ0v) is 11.3. The second-order valence-corrected chi connectivity index (χ2v) is 4.36. The Bertz CT molecular complexity index is 376. The Morgan fingerprint density at radius 3 is 2.35 bits per heavy atom. The van der Waals surface area contributed by atoms with Crippen molar-refractivity contribution in [1.82, 2.24) is 0 Å². The monoisotopic (exact) mass is 292 g/mol. The lowest BCUT2D eigenvalue weighted by Gasteiger charge is -2.10. The lowest BCUT2D eigenvalue weighted by molar-refractivity contribution is -0.174. The summed E-state index contributed by atoms with van der Waals surface area (Å²) in [6.45, 7) is 0.951. The maximum Gasteiger partial charge on any atom is 0.411 e. The predicted molar refractivity (Wildman–Crippen MR) is 68.7 cm³/mol. The molecule has 0 aliphatic rings. The molecule has 0 amide bonds. The molecule has 0 radical (unpaired) electrons. The van der Waals surface area contributed by atoms with Gasteiger partial charge in [0.1, 0.15) is 12.4 Å². The average molecular weight is 292 g/mol. The molecule has 0 saturated heterocycles. The number of alkyl halides is 3. The fraction of sp³-hybridized carbons (Fsp3) is 0.571. The van der Waals surface area contributed by atoms with Crippen molar-refractivity contribution in [2.45, 2.75) is 32.0 Å². The highest BCUT2D eigenvalue weighted by molar-refractivity contribution is 5.28. The van der Waals surface area contributed by atoms with Crippen LogP contribution in [0.2, 0.25) is 0 Å². The van der Waals surface area contributed by atoms with Gasteiger partial charge in [-0.05, 0) is 24.1 Å². The molecule has 0 aliphatic heterocycles. The maximum atomic E-state index is 11.8. The van der Waals surface area contributed by atoms with Gasteiger partial charge in [0.25, 0.3) is 0 Å². The predicted octanol–water partition coefficient (Wildman–Crippen LogP) is 3.48. The molecule has 20 heavy (non-hydrogen) atoms. The van der Waals surface area contributed by atoms with Crippen LogP contribution in [0.3, 0.4) is 0 Å². The van der Waals surface area contributed by atoms with Crippen LogP contribution in [-0.4, -0.2) is 31.1 Å². The molecule has 1 aromatic carbocycles. The summed E-state index contributed by atoms with van der Waals surface area (Å²) in [6, 6.07) is 6.99. The largest absolute Gasteiger partial charge is 0.494 e. The van der Waals surface area contributed by atoms with Crippen molar-refractivity contribution in [2.24, 2.45) is 0 Å². The van der Waals surface area contributed by atoms with Gasteiger partial charge >= 0.3 is 6.18 Å². The molecule has 6 heteroatoms. The standard InChI is InChI=1S/C14H19F3O3/c1-2-13(18)11-4-6-12(7-5-11)20-9-3-8-19-10-14(15,16)17/h4-7,13,18H,2-3,8-10H2,1H3/t13-/m1/s1. The van der Waals surface area contributed by atoms with Crippen LogP contribution in [0.4, 0.5) is 13.2 Å². The van der Waals surface area contributed by atoms with Gasteiger partial charge in [-0.15, -0.1) is 0 Å². The molecule has 1 N–H and O–H groups in total. The third kappa shape index (κ3) is 6.77. The second-order valence-electron chi connectivity index (χ2n) is 4.36. The summed E-state index contributed by atoms with van der Waals surface area (Å²) in [6.07, 6.45) is -3.75. The quantitative estimate of drug-likeness (QED) is 0.746. The minimum atomic E-state index is -4.28. The van der Waals surface area contributed by atoms with Crippen molar-refractivity contribution in [3.05, 3.63) is 29.8 Å². The van der Waals surface area contributed by atoms with Crippen LogP contribution in [0.5, 0.6) is 5.75 Å². The minimum Gasteiger partial charge on any atom is -0.494 e. The van der Waals surface area contributed by atoms with E-state index in [0.717, 1.165) is 5.56 Å². The summed E-state index contributed by atoms with van der Waals surface area (Å²) in [5, 5.41) is 9.61. The van der Waals surface area contributed by atoms with Crippen molar-refractivity contribution < 1.29 is 27.8 Å². The molecule has 3 nitrogen and oxygen atoms in total.